The summed E-state index contributed by atoms with van der Waals surface area (Å²) in [6.07, 6.45) is -3.20. The summed E-state index contributed by atoms with van der Waals surface area (Å²) in [5.74, 6) is 0.303. The number of aromatic amines is 1. The number of nitrogens with two attached hydrogens (primary N) is 1. The van der Waals surface area contributed by atoms with Crippen LogP contribution in [0.15, 0.2) is 35.3 Å². The lowest BCUT2D eigenvalue weighted by Crippen LogP contribution is -2.28. The van der Waals surface area contributed by atoms with Gasteiger partial charge in [0.05, 0.1) is 28.7 Å². The van der Waals surface area contributed by atoms with Crippen LogP contribution < -0.4 is 11.3 Å². The summed E-state index contributed by atoms with van der Waals surface area (Å²) in [4.78, 5) is 16.7. The normalized spacial score (nSPS) is 13.4. The van der Waals surface area contributed by atoms with Crippen LogP contribution in [0.25, 0.3) is 16.7 Å². The van der Waals surface area contributed by atoms with Crippen LogP contribution >= 0.6 is 0 Å². The van der Waals surface area contributed by atoms with Gasteiger partial charge in [-0.3, -0.25) is 9.89 Å². The zero-order valence-corrected chi connectivity index (χ0v) is 11.9. The van der Waals surface area contributed by atoms with E-state index in [-0.39, 0.29) is 17.0 Å². The number of fused-ring (bicyclic) bond motifs is 1. The van der Waals surface area contributed by atoms with E-state index in [9.17, 15) is 18.0 Å². The van der Waals surface area contributed by atoms with Crippen molar-refractivity contribution in [2.75, 3.05) is 0 Å². The maximum absolute atomic E-state index is 13.2. The highest BCUT2D eigenvalue weighted by atomic mass is 19.4. The minimum absolute atomic E-state index is 0.0171. The number of benzene rings is 1. The predicted octanol–water partition coefficient (Wildman–Crippen LogP) is 2.15. The molecule has 0 radical (unpaired) electrons. The number of alkyl halides is 3. The van der Waals surface area contributed by atoms with E-state index in [0.717, 1.165) is 10.6 Å². The highest BCUT2D eigenvalue weighted by Crippen LogP contribution is 2.33. The smallest absolute Gasteiger partial charge is 0.322 e. The molecule has 2 heterocycles. The average Bonchev–Trinajstić information content (AvgIpc) is 2.99. The Morgan fingerprint density at radius 3 is 2.61 bits per heavy atom. The van der Waals surface area contributed by atoms with Gasteiger partial charge in [0.15, 0.2) is 0 Å². The molecule has 23 heavy (non-hydrogen) atoms. The molecule has 0 amide bonds. The molecule has 9 heteroatoms. The van der Waals surface area contributed by atoms with E-state index in [1.54, 1.807) is 0 Å². The third-order valence-electron chi connectivity index (χ3n) is 3.36. The third-order valence-corrected chi connectivity index (χ3v) is 3.36. The lowest BCUT2D eigenvalue weighted by Gasteiger charge is -2.16. The monoisotopic (exact) mass is 323 g/mol. The molecule has 120 valence electrons. The topological polar surface area (TPSA) is 89.6 Å². The molecule has 3 aromatic rings. The second kappa shape index (κ2) is 5.20. The van der Waals surface area contributed by atoms with Crippen molar-refractivity contribution in [3.63, 3.8) is 0 Å². The minimum atomic E-state index is -4.62. The maximum Gasteiger partial charge on any atom is 0.418 e. The molecule has 0 bridgehead atoms. The molecular weight excluding hydrogens is 311 g/mol. The first-order chi connectivity index (χ1) is 10.8. The fourth-order valence-electron chi connectivity index (χ4n) is 2.37. The van der Waals surface area contributed by atoms with Crippen LogP contribution in [0.5, 0.6) is 0 Å². The summed E-state index contributed by atoms with van der Waals surface area (Å²) in [6, 6.07) is 4.13. The van der Waals surface area contributed by atoms with Crippen LogP contribution in [0.3, 0.4) is 0 Å². The number of H-pyrrole nitrogens is 1. The van der Waals surface area contributed by atoms with E-state index >= 15 is 0 Å². The first-order valence-electron chi connectivity index (χ1n) is 6.69. The summed E-state index contributed by atoms with van der Waals surface area (Å²) in [5.41, 5.74) is 3.78. The number of hydrogen-bond acceptors (Lipinski definition) is 4. The third kappa shape index (κ3) is 2.48. The van der Waals surface area contributed by atoms with Gasteiger partial charge in [-0.1, -0.05) is 6.07 Å². The van der Waals surface area contributed by atoms with E-state index in [4.69, 9.17) is 5.73 Å². The van der Waals surface area contributed by atoms with Crippen LogP contribution in [-0.4, -0.2) is 19.7 Å². The van der Waals surface area contributed by atoms with Gasteiger partial charge < -0.3 is 5.73 Å². The molecule has 0 aliphatic rings. The van der Waals surface area contributed by atoms with Gasteiger partial charge in [0.25, 0.3) is 5.56 Å². The number of rotatable bonds is 2. The van der Waals surface area contributed by atoms with Crippen LogP contribution in [-0.2, 0) is 6.18 Å². The fourth-order valence-corrected chi connectivity index (χ4v) is 2.37. The first kappa shape index (κ1) is 15.2. The van der Waals surface area contributed by atoms with E-state index in [2.05, 4.69) is 15.2 Å². The fraction of sp³-hybridized carbons (Fsp3) is 0.214. The van der Waals surface area contributed by atoms with Crippen LogP contribution in [0, 0.1) is 0 Å². The number of nitrogens with zero attached hydrogens (tertiary/aromatic N) is 3. The van der Waals surface area contributed by atoms with Gasteiger partial charge in [0.2, 0.25) is 0 Å². The van der Waals surface area contributed by atoms with Gasteiger partial charge >= 0.3 is 6.18 Å². The Kier molecular flexibility index (Phi) is 3.44. The molecule has 0 spiro atoms. The molecule has 1 atom stereocenters. The zero-order chi connectivity index (χ0) is 16.8. The summed E-state index contributed by atoms with van der Waals surface area (Å²) in [6.45, 7) is 1.54. The molecule has 2 aromatic heterocycles. The van der Waals surface area contributed by atoms with Crippen LogP contribution in [0.1, 0.15) is 24.4 Å². The molecule has 3 rings (SSSR count). The van der Waals surface area contributed by atoms with Gasteiger partial charge in [0, 0.05) is 6.07 Å². The van der Waals surface area contributed by atoms with E-state index in [1.807, 2.05) is 0 Å². The Bertz CT molecular complexity index is 913. The van der Waals surface area contributed by atoms with Gasteiger partial charge in [-0.15, -0.1) is 0 Å². The van der Waals surface area contributed by atoms with Gasteiger partial charge in [-0.25, -0.2) is 9.55 Å². The molecule has 0 aliphatic carbocycles. The van der Waals surface area contributed by atoms with E-state index in [0.29, 0.717) is 0 Å². The minimum Gasteiger partial charge on any atom is -0.322 e. The van der Waals surface area contributed by atoms with E-state index in [1.165, 1.54) is 31.3 Å². The predicted molar refractivity (Wildman–Crippen MR) is 77.1 cm³/mol. The van der Waals surface area contributed by atoms with Crippen molar-refractivity contribution in [3.05, 3.63) is 52.2 Å². The molecule has 0 fully saturated rings. The average molecular weight is 323 g/mol. The zero-order valence-electron chi connectivity index (χ0n) is 11.9. The lowest BCUT2D eigenvalue weighted by molar-refractivity contribution is -0.136. The van der Waals surface area contributed by atoms with Crippen LogP contribution in [0.2, 0.25) is 0 Å². The highest BCUT2D eigenvalue weighted by molar-refractivity contribution is 5.82. The Morgan fingerprint density at radius 1 is 1.30 bits per heavy atom. The van der Waals surface area contributed by atoms with Crippen molar-refractivity contribution in [2.45, 2.75) is 19.1 Å². The Labute approximate surface area is 127 Å². The van der Waals surface area contributed by atoms with Gasteiger partial charge in [-0.05, 0) is 19.1 Å². The molecular formula is C14H12F3N5O. The summed E-state index contributed by atoms with van der Waals surface area (Å²) < 4.78 is 40.6. The van der Waals surface area contributed by atoms with E-state index < -0.39 is 28.9 Å². The number of halogens is 3. The van der Waals surface area contributed by atoms with Crippen molar-refractivity contribution in [1.82, 2.24) is 19.7 Å². The van der Waals surface area contributed by atoms with Crippen molar-refractivity contribution < 1.29 is 13.2 Å². The number of hydrogen-bond donors (Lipinski definition) is 2. The molecule has 6 nitrogen and oxygen atoms in total. The Morgan fingerprint density at radius 2 is 2.04 bits per heavy atom. The first-order valence-corrected chi connectivity index (χ1v) is 6.69. The Hall–Kier alpha value is -2.68. The second-order valence-corrected chi connectivity index (χ2v) is 5.04. The van der Waals surface area contributed by atoms with Crippen molar-refractivity contribution >= 4 is 10.9 Å². The summed E-state index contributed by atoms with van der Waals surface area (Å²) in [7, 11) is 0. The Balaban J connectivity index is 2.46. The van der Waals surface area contributed by atoms with Crippen molar-refractivity contribution in [1.29, 1.82) is 0 Å². The molecule has 1 unspecified atom stereocenters. The standard InChI is InChI=1S/C14H12F3N5O/c1-7(18)12-20-11-8(3-2-4-9(11)14(15,16)17)13(23)22(12)10-5-6-19-21-10/h2-7H,18H2,1H3,(H,19,21). The van der Waals surface area contributed by atoms with Crippen LogP contribution in [0.4, 0.5) is 13.2 Å². The molecule has 0 saturated carbocycles. The summed E-state index contributed by atoms with van der Waals surface area (Å²) >= 11 is 0. The quantitative estimate of drug-likeness (QED) is 0.756. The second-order valence-electron chi connectivity index (χ2n) is 5.04. The molecule has 0 aliphatic heterocycles. The molecule has 0 saturated heterocycles. The van der Waals surface area contributed by atoms with Crippen molar-refractivity contribution in [2.24, 2.45) is 5.73 Å². The number of para-hydroxylation sites is 1. The SMILES string of the molecule is CC(N)c1nc2c(C(F)(F)F)cccc2c(=O)n1-c1ccn[nH]1. The molecule has 1 aromatic carbocycles. The number of nitrogens with one attached hydrogen (secondary N) is 1. The number of aromatic nitrogens is 4. The largest absolute Gasteiger partial charge is 0.418 e. The van der Waals surface area contributed by atoms with Crippen molar-refractivity contribution in [3.8, 4) is 5.82 Å². The van der Waals surface area contributed by atoms with Gasteiger partial charge in [0.1, 0.15) is 11.6 Å². The maximum atomic E-state index is 13.2. The molecule has 3 N–H and O–H groups in total. The lowest BCUT2D eigenvalue weighted by atomic mass is 10.1. The highest BCUT2D eigenvalue weighted by Gasteiger charge is 2.34. The summed E-state index contributed by atoms with van der Waals surface area (Å²) in [5, 5.41) is 6.20. The van der Waals surface area contributed by atoms with Gasteiger partial charge in [-0.2, -0.15) is 18.3 Å².